The summed E-state index contributed by atoms with van der Waals surface area (Å²) in [5.41, 5.74) is 1.38. The number of likely N-dealkylation sites (N-methyl/N-ethyl adjacent to an activating group) is 2. The van der Waals surface area contributed by atoms with E-state index in [0.717, 1.165) is 13.1 Å². The van der Waals surface area contributed by atoms with Gasteiger partial charge in [0.1, 0.15) is 0 Å². The molecule has 1 rings (SSSR count). The van der Waals surface area contributed by atoms with E-state index < -0.39 is 0 Å². The molecular weight excluding hydrogens is 208 g/mol. The molecule has 2 unspecified atom stereocenters. The van der Waals surface area contributed by atoms with E-state index in [9.17, 15) is 0 Å². The van der Waals surface area contributed by atoms with Crippen LogP contribution in [0, 0.1) is 0 Å². The van der Waals surface area contributed by atoms with Crippen molar-refractivity contribution in [1.29, 1.82) is 0 Å². The highest BCUT2D eigenvalue weighted by atomic mass is 15.2. The predicted octanol–water partition coefficient (Wildman–Crippen LogP) is 3.07. The molecule has 0 aliphatic heterocycles. The first-order chi connectivity index (χ1) is 8.28. The molecule has 0 aromatic heterocycles. The van der Waals surface area contributed by atoms with Crippen LogP contribution in [0.5, 0.6) is 0 Å². The third-order valence-electron chi connectivity index (χ3n) is 3.55. The van der Waals surface area contributed by atoms with E-state index in [1.807, 2.05) is 0 Å². The summed E-state index contributed by atoms with van der Waals surface area (Å²) in [6.45, 7) is 8.98. The lowest BCUT2D eigenvalue weighted by Crippen LogP contribution is -2.43. The van der Waals surface area contributed by atoms with Gasteiger partial charge in [-0.05, 0) is 32.1 Å². The third-order valence-corrected chi connectivity index (χ3v) is 3.55. The van der Waals surface area contributed by atoms with Gasteiger partial charge in [0.2, 0.25) is 0 Å². The molecule has 2 heteroatoms. The van der Waals surface area contributed by atoms with Crippen molar-refractivity contribution >= 4 is 0 Å². The van der Waals surface area contributed by atoms with E-state index >= 15 is 0 Å². The Labute approximate surface area is 106 Å². The first-order valence-corrected chi connectivity index (χ1v) is 6.74. The molecule has 0 heterocycles. The summed E-state index contributed by atoms with van der Waals surface area (Å²) < 4.78 is 0. The second-order valence-electron chi connectivity index (χ2n) is 4.37. The van der Waals surface area contributed by atoms with Crippen molar-refractivity contribution in [3.63, 3.8) is 0 Å². The number of hydrogen-bond donors (Lipinski definition) is 1. The van der Waals surface area contributed by atoms with E-state index in [0.29, 0.717) is 12.1 Å². The minimum Gasteiger partial charge on any atom is -0.312 e. The van der Waals surface area contributed by atoms with Gasteiger partial charge in [0.05, 0.1) is 0 Å². The standard InChI is InChI=1S/C15H26N2/c1-5-14(17(6-2)7-3)15(16-4)13-11-9-8-10-12-13/h8-12,14-16H,5-7H2,1-4H3. The Morgan fingerprint density at radius 1 is 1.06 bits per heavy atom. The van der Waals surface area contributed by atoms with Crippen LogP contribution < -0.4 is 5.32 Å². The van der Waals surface area contributed by atoms with E-state index in [4.69, 9.17) is 0 Å². The molecule has 0 fully saturated rings. The minimum absolute atomic E-state index is 0.418. The van der Waals surface area contributed by atoms with Gasteiger partial charge in [0, 0.05) is 12.1 Å². The molecule has 0 bridgehead atoms. The van der Waals surface area contributed by atoms with Crippen LogP contribution in [0.4, 0.5) is 0 Å². The summed E-state index contributed by atoms with van der Waals surface area (Å²) in [5, 5.41) is 3.48. The molecule has 0 amide bonds. The molecule has 0 spiro atoms. The monoisotopic (exact) mass is 234 g/mol. The molecule has 2 nitrogen and oxygen atoms in total. The Bertz CT molecular complexity index is 293. The third kappa shape index (κ3) is 3.55. The Kier molecular flexibility index (Phi) is 6.23. The average molecular weight is 234 g/mol. The van der Waals surface area contributed by atoms with E-state index in [1.54, 1.807) is 0 Å². The molecule has 0 saturated carbocycles. The first kappa shape index (κ1) is 14.2. The second kappa shape index (κ2) is 7.46. The van der Waals surface area contributed by atoms with Crippen LogP contribution in [-0.4, -0.2) is 31.1 Å². The summed E-state index contributed by atoms with van der Waals surface area (Å²) >= 11 is 0. The maximum absolute atomic E-state index is 3.48. The summed E-state index contributed by atoms with van der Waals surface area (Å²) in [4.78, 5) is 2.54. The minimum atomic E-state index is 0.418. The molecule has 0 saturated heterocycles. The maximum atomic E-state index is 3.48. The van der Waals surface area contributed by atoms with Crippen LogP contribution in [0.1, 0.15) is 38.8 Å². The van der Waals surface area contributed by atoms with Gasteiger partial charge in [-0.25, -0.2) is 0 Å². The molecule has 1 N–H and O–H groups in total. The molecule has 1 aromatic rings. The number of hydrogen-bond acceptors (Lipinski definition) is 2. The van der Waals surface area contributed by atoms with Crippen molar-refractivity contribution in [2.45, 2.75) is 39.3 Å². The van der Waals surface area contributed by atoms with Crippen molar-refractivity contribution in [3.8, 4) is 0 Å². The van der Waals surface area contributed by atoms with Gasteiger partial charge in [-0.3, -0.25) is 4.90 Å². The maximum Gasteiger partial charge on any atom is 0.0475 e. The molecule has 2 atom stereocenters. The molecule has 96 valence electrons. The Balaban J connectivity index is 2.91. The van der Waals surface area contributed by atoms with Gasteiger partial charge in [-0.15, -0.1) is 0 Å². The summed E-state index contributed by atoms with van der Waals surface area (Å²) in [6, 6.07) is 11.7. The van der Waals surface area contributed by atoms with Crippen molar-refractivity contribution in [2.75, 3.05) is 20.1 Å². The van der Waals surface area contributed by atoms with Gasteiger partial charge in [-0.2, -0.15) is 0 Å². The normalized spacial score (nSPS) is 14.9. The SMILES string of the molecule is CCC(C(NC)c1ccccc1)N(CC)CC. The average Bonchev–Trinajstić information content (AvgIpc) is 2.40. The quantitative estimate of drug-likeness (QED) is 0.780. The molecular formula is C15H26N2. The van der Waals surface area contributed by atoms with Gasteiger partial charge in [0.25, 0.3) is 0 Å². The summed E-state index contributed by atoms with van der Waals surface area (Å²) in [7, 11) is 2.06. The van der Waals surface area contributed by atoms with Crippen molar-refractivity contribution in [2.24, 2.45) is 0 Å². The lowest BCUT2D eigenvalue weighted by Gasteiger charge is -2.35. The van der Waals surface area contributed by atoms with Gasteiger partial charge in [0.15, 0.2) is 0 Å². The predicted molar refractivity (Wildman–Crippen MR) is 75.2 cm³/mol. The highest BCUT2D eigenvalue weighted by Gasteiger charge is 2.24. The van der Waals surface area contributed by atoms with Crippen LogP contribution in [0.15, 0.2) is 30.3 Å². The number of rotatable bonds is 7. The lowest BCUT2D eigenvalue weighted by molar-refractivity contribution is 0.170. The highest BCUT2D eigenvalue weighted by Crippen LogP contribution is 2.22. The fourth-order valence-electron chi connectivity index (χ4n) is 2.64. The molecule has 0 aliphatic carbocycles. The fraction of sp³-hybridized carbons (Fsp3) is 0.600. The summed E-state index contributed by atoms with van der Waals surface area (Å²) in [5.74, 6) is 0. The van der Waals surface area contributed by atoms with E-state index in [-0.39, 0.29) is 0 Å². The topological polar surface area (TPSA) is 15.3 Å². The van der Waals surface area contributed by atoms with Crippen LogP contribution in [0.25, 0.3) is 0 Å². The molecule has 17 heavy (non-hydrogen) atoms. The van der Waals surface area contributed by atoms with Crippen molar-refractivity contribution < 1.29 is 0 Å². The Hall–Kier alpha value is -0.860. The lowest BCUT2D eigenvalue weighted by atomic mass is 9.96. The first-order valence-electron chi connectivity index (χ1n) is 6.74. The zero-order chi connectivity index (χ0) is 12.7. The summed E-state index contributed by atoms with van der Waals surface area (Å²) in [6.07, 6.45) is 1.17. The zero-order valence-electron chi connectivity index (χ0n) is 11.6. The molecule has 1 aromatic carbocycles. The zero-order valence-corrected chi connectivity index (χ0v) is 11.6. The number of nitrogens with zero attached hydrogens (tertiary/aromatic N) is 1. The van der Waals surface area contributed by atoms with Crippen LogP contribution in [0.3, 0.4) is 0 Å². The Morgan fingerprint density at radius 2 is 1.65 bits per heavy atom. The van der Waals surface area contributed by atoms with E-state index in [2.05, 4.69) is 68.4 Å². The van der Waals surface area contributed by atoms with Gasteiger partial charge in [-0.1, -0.05) is 51.1 Å². The Morgan fingerprint density at radius 3 is 2.06 bits per heavy atom. The smallest absolute Gasteiger partial charge is 0.0475 e. The van der Waals surface area contributed by atoms with Crippen LogP contribution in [-0.2, 0) is 0 Å². The van der Waals surface area contributed by atoms with Gasteiger partial charge >= 0.3 is 0 Å². The van der Waals surface area contributed by atoms with Crippen molar-refractivity contribution in [1.82, 2.24) is 10.2 Å². The van der Waals surface area contributed by atoms with Gasteiger partial charge < -0.3 is 5.32 Å². The van der Waals surface area contributed by atoms with E-state index in [1.165, 1.54) is 12.0 Å². The van der Waals surface area contributed by atoms with Crippen LogP contribution in [0.2, 0.25) is 0 Å². The second-order valence-corrected chi connectivity index (χ2v) is 4.37. The number of nitrogens with one attached hydrogen (secondary N) is 1. The largest absolute Gasteiger partial charge is 0.312 e. The number of benzene rings is 1. The van der Waals surface area contributed by atoms with Crippen molar-refractivity contribution in [3.05, 3.63) is 35.9 Å². The highest BCUT2D eigenvalue weighted by molar-refractivity contribution is 5.20. The molecule has 0 aliphatic rings. The fourth-order valence-corrected chi connectivity index (χ4v) is 2.64. The van der Waals surface area contributed by atoms with Crippen LogP contribution >= 0.6 is 0 Å². The molecule has 0 radical (unpaired) electrons.